The van der Waals surface area contributed by atoms with Gasteiger partial charge in [0.15, 0.2) is 0 Å². The van der Waals surface area contributed by atoms with Crippen LogP contribution >= 0.6 is 22.9 Å². The minimum absolute atomic E-state index is 0.0480. The quantitative estimate of drug-likeness (QED) is 0.763. The topological polar surface area (TPSA) is 95.6 Å². The van der Waals surface area contributed by atoms with Crippen molar-refractivity contribution in [3.63, 3.8) is 0 Å². The van der Waals surface area contributed by atoms with Crippen molar-refractivity contribution >= 4 is 44.8 Å². The Hall–Kier alpha value is -1.94. The number of halogens is 1. The molecule has 0 radical (unpaired) electrons. The largest absolute Gasteiger partial charge is 0.354 e. The maximum absolute atomic E-state index is 12.6. The third-order valence-electron chi connectivity index (χ3n) is 4.13. The first kappa shape index (κ1) is 19.8. The van der Waals surface area contributed by atoms with Gasteiger partial charge in [-0.25, -0.2) is 8.42 Å². The van der Waals surface area contributed by atoms with Crippen LogP contribution in [-0.2, 0) is 14.8 Å². The molecule has 2 aromatic rings. The lowest BCUT2D eigenvalue weighted by atomic mass is 10.2. The van der Waals surface area contributed by atoms with Crippen LogP contribution in [0.4, 0.5) is 0 Å². The molecule has 1 unspecified atom stereocenters. The van der Waals surface area contributed by atoms with Gasteiger partial charge in [0, 0.05) is 23.5 Å². The van der Waals surface area contributed by atoms with Gasteiger partial charge in [-0.05, 0) is 43.3 Å². The predicted molar refractivity (Wildman–Crippen MR) is 103 cm³/mol. The molecule has 1 aliphatic rings. The summed E-state index contributed by atoms with van der Waals surface area (Å²) >= 11 is 7.30. The number of carbonyl (C=O) groups excluding carboxylic acids is 2. The molecule has 2 amide bonds. The highest BCUT2D eigenvalue weighted by molar-refractivity contribution is 7.89. The van der Waals surface area contributed by atoms with E-state index in [-0.39, 0.29) is 42.4 Å². The second-order valence-electron chi connectivity index (χ2n) is 6.05. The fourth-order valence-corrected chi connectivity index (χ4v) is 5.12. The maximum Gasteiger partial charge on any atom is 0.251 e. The van der Waals surface area contributed by atoms with Crippen molar-refractivity contribution in [3.05, 3.63) is 51.2 Å². The lowest BCUT2D eigenvalue weighted by molar-refractivity contribution is -0.122. The zero-order valence-electron chi connectivity index (χ0n) is 14.4. The molecule has 1 aliphatic heterocycles. The standard InChI is InChI=1S/C17H18ClN3O4S2/c1-11(14-6-7-15(18)26-14)20-17(23)12-2-4-13(5-3-12)27(24,25)21-9-8-19-16(22)10-21/h2-7,11H,8-10H2,1H3,(H,19,22)(H,20,23). The van der Waals surface area contributed by atoms with Gasteiger partial charge in [-0.2, -0.15) is 4.31 Å². The van der Waals surface area contributed by atoms with Crippen LogP contribution in [0.1, 0.15) is 28.2 Å². The van der Waals surface area contributed by atoms with Gasteiger partial charge in [0.05, 0.1) is 21.8 Å². The molecular formula is C17H18ClN3O4S2. The van der Waals surface area contributed by atoms with E-state index >= 15 is 0 Å². The van der Waals surface area contributed by atoms with E-state index in [1.54, 1.807) is 6.07 Å². The van der Waals surface area contributed by atoms with Gasteiger partial charge in [-0.3, -0.25) is 9.59 Å². The van der Waals surface area contributed by atoms with E-state index in [1.807, 2.05) is 13.0 Å². The highest BCUT2D eigenvalue weighted by Gasteiger charge is 2.29. The molecule has 2 N–H and O–H groups in total. The first-order valence-corrected chi connectivity index (χ1v) is 10.8. The van der Waals surface area contributed by atoms with Gasteiger partial charge in [-0.15, -0.1) is 11.3 Å². The van der Waals surface area contributed by atoms with Gasteiger partial charge in [-0.1, -0.05) is 11.6 Å². The van der Waals surface area contributed by atoms with Gasteiger partial charge < -0.3 is 10.6 Å². The van der Waals surface area contributed by atoms with Crippen molar-refractivity contribution in [1.29, 1.82) is 0 Å². The van der Waals surface area contributed by atoms with E-state index < -0.39 is 10.0 Å². The number of amides is 2. The number of thiophene rings is 1. The number of nitrogens with one attached hydrogen (secondary N) is 2. The number of sulfonamides is 1. The monoisotopic (exact) mass is 427 g/mol. The summed E-state index contributed by atoms with van der Waals surface area (Å²) in [5.41, 5.74) is 0.347. The smallest absolute Gasteiger partial charge is 0.251 e. The van der Waals surface area contributed by atoms with Crippen LogP contribution in [0.25, 0.3) is 0 Å². The molecule has 1 aromatic carbocycles. The van der Waals surface area contributed by atoms with Gasteiger partial charge in [0.25, 0.3) is 5.91 Å². The van der Waals surface area contributed by atoms with Gasteiger partial charge in [0.1, 0.15) is 0 Å². The van der Waals surface area contributed by atoms with Gasteiger partial charge in [0.2, 0.25) is 15.9 Å². The Balaban J connectivity index is 1.70. The molecule has 7 nitrogen and oxygen atoms in total. The summed E-state index contributed by atoms with van der Waals surface area (Å²) in [5, 5.41) is 5.44. The fraction of sp³-hybridized carbons (Fsp3) is 0.294. The Labute approximate surface area is 166 Å². The summed E-state index contributed by atoms with van der Waals surface area (Å²) in [6.07, 6.45) is 0. The van der Waals surface area contributed by atoms with Crippen LogP contribution in [0.2, 0.25) is 4.34 Å². The molecule has 1 atom stereocenters. The van der Waals surface area contributed by atoms with E-state index in [9.17, 15) is 18.0 Å². The second kappa shape index (κ2) is 7.97. The number of hydrogen-bond donors (Lipinski definition) is 2. The Morgan fingerprint density at radius 3 is 2.56 bits per heavy atom. The van der Waals surface area contributed by atoms with E-state index in [1.165, 1.54) is 35.6 Å². The van der Waals surface area contributed by atoms with Crippen molar-refractivity contribution in [2.45, 2.75) is 17.9 Å². The van der Waals surface area contributed by atoms with Crippen LogP contribution < -0.4 is 10.6 Å². The number of hydrogen-bond acceptors (Lipinski definition) is 5. The van der Waals surface area contributed by atoms with E-state index in [2.05, 4.69) is 10.6 Å². The third-order valence-corrected chi connectivity index (χ3v) is 7.40. The Kier molecular flexibility index (Phi) is 5.85. The molecule has 2 heterocycles. The first-order chi connectivity index (χ1) is 12.8. The van der Waals surface area contributed by atoms with Crippen molar-refractivity contribution in [2.75, 3.05) is 19.6 Å². The van der Waals surface area contributed by atoms with E-state index in [4.69, 9.17) is 11.6 Å². The SMILES string of the molecule is CC(NC(=O)c1ccc(S(=O)(=O)N2CCNC(=O)C2)cc1)c1ccc(Cl)s1. The van der Waals surface area contributed by atoms with Crippen molar-refractivity contribution in [1.82, 2.24) is 14.9 Å². The Bertz CT molecular complexity index is 957. The second-order valence-corrected chi connectivity index (χ2v) is 9.73. The van der Waals surface area contributed by atoms with Crippen LogP contribution in [0.5, 0.6) is 0 Å². The van der Waals surface area contributed by atoms with Crippen LogP contribution in [0.3, 0.4) is 0 Å². The average molecular weight is 428 g/mol. The van der Waals surface area contributed by atoms with Crippen molar-refractivity contribution in [3.8, 4) is 0 Å². The van der Waals surface area contributed by atoms with Crippen LogP contribution in [0, 0.1) is 0 Å². The number of carbonyl (C=O) groups is 2. The average Bonchev–Trinajstić information content (AvgIpc) is 3.08. The number of piperazine rings is 1. The molecule has 1 saturated heterocycles. The highest BCUT2D eigenvalue weighted by Crippen LogP contribution is 2.27. The summed E-state index contributed by atoms with van der Waals surface area (Å²) < 4.78 is 27.0. The summed E-state index contributed by atoms with van der Waals surface area (Å²) in [7, 11) is -3.77. The third kappa shape index (κ3) is 4.49. The Morgan fingerprint density at radius 1 is 1.26 bits per heavy atom. The lowest BCUT2D eigenvalue weighted by Crippen LogP contribution is -2.49. The van der Waals surface area contributed by atoms with E-state index in [0.29, 0.717) is 9.90 Å². The van der Waals surface area contributed by atoms with Gasteiger partial charge >= 0.3 is 0 Å². The van der Waals surface area contributed by atoms with E-state index in [0.717, 1.165) is 9.18 Å². The molecule has 144 valence electrons. The van der Waals surface area contributed by atoms with Crippen LogP contribution in [-0.4, -0.2) is 44.2 Å². The molecule has 1 fully saturated rings. The zero-order chi connectivity index (χ0) is 19.6. The molecule has 0 spiro atoms. The molecule has 0 aliphatic carbocycles. The highest BCUT2D eigenvalue weighted by atomic mass is 35.5. The summed E-state index contributed by atoms with van der Waals surface area (Å²) in [4.78, 5) is 24.8. The summed E-state index contributed by atoms with van der Waals surface area (Å²) in [6.45, 7) is 2.14. The zero-order valence-corrected chi connectivity index (χ0v) is 16.8. The normalized spacial score (nSPS) is 16.6. The summed E-state index contributed by atoms with van der Waals surface area (Å²) in [5.74, 6) is -0.642. The summed E-state index contributed by atoms with van der Waals surface area (Å²) in [6, 6.07) is 9.08. The number of benzene rings is 1. The predicted octanol–water partition coefficient (Wildman–Crippen LogP) is 2.01. The Morgan fingerprint density at radius 2 is 1.96 bits per heavy atom. The maximum atomic E-state index is 12.6. The molecule has 1 aromatic heterocycles. The molecule has 10 heteroatoms. The van der Waals surface area contributed by atoms with Crippen molar-refractivity contribution in [2.24, 2.45) is 0 Å². The molecule has 0 bridgehead atoms. The fourth-order valence-electron chi connectivity index (χ4n) is 2.66. The molecule has 3 rings (SSSR count). The minimum Gasteiger partial charge on any atom is -0.354 e. The molecule has 27 heavy (non-hydrogen) atoms. The first-order valence-electron chi connectivity index (χ1n) is 8.20. The molecular weight excluding hydrogens is 410 g/mol. The van der Waals surface area contributed by atoms with Crippen molar-refractivity contribution < 1.29 is 18.0 Å². The number of nitrogens with zero attached hydrogens (tertiary/aromatic N) is 1. The number of rotatable bonds is 5. The minimum atomic E-state index is -3.77. The molecule has 0 saturated carbocycles. The lowest BCUT2D eigenvalue weighted by Gasteiger charge is -2.25. The van der Waals surface area contributed by atoms with Crippen LogP contribution in [0.15, 0.2) is 41.3 Å².